The second kappa shape index (κ2) is 6.76. The number of hydrogen-bond donors (Lipinski definition) is 0. The van der Waals surface area contributed by atoms with E-state index in [4.69, 9.17) is 9.47 Å². The third-order valence-electron chi connectivity index (χ3n) is 3.33. The predicted molar refractivity (Wildman–Crippen MR) is 82.3 cm³/mol. The van der Waals surface area contributed by atoms with Crippen molar-refractivity contribution in [3.63, 3.8) is 0 Å². The Morgan fingerprint density at radius 3 is 2.52 bits per heavy atom. The molecule has 5 nitrogen and oxygen atoms in total. The van der Waals surface area contributed by atoms with Crippen LogP contribution < -0.4 is 9.47 Å². The van der Waals surface area contributed by atoms with E-state index in [1.165, 1.54) is 0 Å². The molecule has 1 heterocycles. The fourth-order valence-corrected chi connectivity index (χ4v) is 3.46. The Morgan fingerprint density at radius 2 is 1.90 bits per heavy atom. The van der Waals surface area contributed by atoms with Crippen molar-refractivity contribution in [3.8, 4) is 11.5 Å². The molecule has 0 unspecified atom stereocenters. The molecule has 114 valence electrons. The average molecular weight is 308 g/mol. The number of methoxy groups -OCH3 is 2. The second-order valence-corrected chi connectivity index (χ2v) is 6.01. The van der Waals surface area contributed by atoms with Crippen molar-refractivity contribution >= 4 is 10.8 Å². The van der Waals surface area contributed by atoms with Gasteiger partial charge in [0, 0.05) is 29.9 Å². The van der Waals surface area contributed by atoms with E-state index < -0.39 is 10.8 Å². The summed E-state index contributed by atoms with van der Waals surface area (Å²) in [6, 6.07) is 3.63. The molecule has 0 saturated carbocycles. The first kappa shape index (κ1) is 15.6. The molecule has 2 aromatic rings. The number of rotatable bonds is 6. The maximum Gasteiger partial charge on any atom is 0.161 e. The molecule has 1 aromatic heterocycles. The predicted octanol–water partition coefficient (Wildman–Crippen LogP) is 2.54. The number of nitrogens with zero attached hydrogens (tertiary/aromatic N) is 2. The summed E-state index contributed by atoms with van der Waals surface area (Å²) in [4.78, 5) is 5.02. The van der Waals surface area contributed by atoms with Crippen molar-refractivity contribution in [2.24, 2.45) is 0 Å². The summed E-state index contributed by atoms with van der Waals surface area (Å²) >= 11 is 0. The normalized spacial score (nSPS) is 12.2. The highest BCUT2D eigenvalue weighted by Gasteiger charge is 2.15. The SMILES string of the molecule is CCn1ccnc1C[S@](=O)c1cc(OC)c(OC)cc1C. The Morgan fingerprint density at radius 1 is 1.24 bits per heavy atom. The van der Waals surface area contributed by atoms with Crippen LogP contribution in [-0.2, 0) is 23.1 Å². The molecule has 0 spiro atoms. The number of aryl methyl sites for hydroxylation is 2. The standard InChI is InChI=1S/C15H20N2O3S/c1-5-17-7-6-16-15(17)10-21(18)14-9-13(20-4)12(19-3)8-11(14)2/h6-9H,5,10H2,1-4H3/t21-/m0/s1. The minimum absolute atomic E-state index is 0.386. The third kappa shape index (κ3) is 3.26. The molecule has 0 radical (unpaired) electrons. The quantitative estimate of drug-likeness (QED) is 0.823. The lowest BCUT2D eigenvalue weighted by molar-refractivity contribution is 0.353. The van der Waals surface area contributed by atoms with Crippen LogP contribution >= 0.6 is 0 Å². The van der Waals surface area contributed by atoms with Crippen molar-refractivity contribution in [3.05, 3.63) is 35.9 Å². The minimum atomic E-state index is -1.18. The lowest BCUT2D eigenvalue weighted by Crippen LogP contribution is -2.06. The van der Waals surface area contributed by atoms with Crippen molar-refractivity contribution in [1.29, 1.82) is 0 Å². The Bertz CT molecular complexity index is 652. The molecule has 2 rings (SSSR count). The van der Waals surface area contributed by atoms with Crippen LogP contribution in [0.15, 0.2) is 29.4 Å². The van der Waals surface area contributed by atoms with E-state index in [0.717, 1.165) is 22.8 Å². The highest BCUT2D eigenvalue weighted by Crippen LogP contribution is 2.32. The number of benzene rings is 1. The molecule has 21 heavy (non-hydrogen) atoms. The van der Waals surface area contributed by atoms with Crippen LogP contribution in [0.1, 0.15) is 18.3 Å². The summed E-state index contributed by atoms with van der Waals surface area (Å²) in [5.41, 5.74) is 0.917. The van der Waals surface area contributed by atoms with Crippen molar-refractivity contribution < 1.29 is 13.7 Å². The molecule has 0 fully saturated rings. The molecule has 0 saturated heterocycles. The van der Waals surface area contributed by atoms with Gasteiger partial charge in [0.25, 0.3) is 0 Å². The Labute approximate surface area is 127 Å². The summed E-state index contributed by atoms with van der Waals surface area (Å²) < 4.78 is 25.2. The number of imidazole rings is 1. The smallest absolute Gasteiger partial charge is 0.161 e. The van der Waals surface area contributed by atoms with E-state index in [0.29, 0.717) is 17.3 Å². The van der Waals surface area contributed by atoms with Gasteiger partial charge < -0.3 is 14.0 Å². The van der Waals surface area contributed by atoms with Gasteiger partial charge in [-0.2, -0.15) is 0 Å². The number of ether oxygens (including phenoxy) is 2. The molecule has 6 heteroatoms. The number of aromatic nitrogens is 2. The van der Waals surface area contributed by atoms with Crippen molar-refractivity contribution in [2.45, 2.75) is 31.0 Å². The minimum Gasteiger partial charge on any atom is -0.493 e. The van der Waals surface area contributed by atoms with Gasteiger partial charge in [0.2, 0.25) is 0 Å². The molecule has 0 N–H and O–H groups in total. The summed E-state index contributed by atoms with van der Waals surface area (Å²) in [7, 11) is 1.99. The van der Waals surface area contributed by atoms with Gasteiger partial charge in [-0.25, -0.2) is 4.98 Å². The maximum absolute atomic E-state index is 12.6. The Balaban J connectivity index is 2.31. The van der Waals surface area contributed by atoms with Gasteiger partial charge in [-0.15, -0.1) is 0 Å². The molecular weight excluding hydrogens is 288 g/mol. The van der Waals surface area contributed by atoms with E-state index in [2.05, 4.69) is 4.98 Å². The lowest BCUT2D eigenvalue weighted by atomic mass is 10.2. The van der Waals surface area contributed by atoms with Crippen LogP contribution in [0.25, 0.3) is 0 Å². The molecule has 0 bridgehead atoms. The largest absolute Gasteiger partial charge is 0.493 e. The first-order chi connectivity index (χ1) is 10.1. The molecular formula is C15H20N2O3S. The van der Waals surface area contributed by atoms with Gasteiger partial charge in [0.1, 0.15) is 5.82 Å². The van der Waals surface area contributed by atoms with E-state index >= 15 is 0 Å². The topological polar surface area (TPSA) is 53.4 Å². The zero-order chi connectivity index (χ0) is 15.4. The molecule has 1 aromatic carbocycles. The summed E-state index contributed by atoms with van der Waals surface area (Å²) in [5, 5.41) is 0. The highest BCUT2D eigenvalue weighted by molar-refractivity contribution is 7.84. The van der Waals surface area contributed by atoms with E-state index in [9.17, 15) is 4.21 Å². The van der Waals surface area contributed by atoms with Gasteiger partial charge in [-0.05, 0) is 25.5 Å². The van der Waals surface area contributed by atoms with Crippen LogP contribution in [0, 0.1) is 6.92 Å². The van der Waals surface area contributed by atoms with Crippen LogP contribution in [0.3, 0.4) is 0 Å². The van der Waals surface area contributed by atoms with Crippen LogP contribution in [0.2, 0.25) is 0 Å². The van der Waals surface area contributed by atoms with Crippen LogP contribution in [-0.4, -0.2) is 28.0 Å². The summed E-state index contributed by atoms with van der Waals surface area (Å²) in [6.45, 7) is 4.77. The average Bonchev–Trinajstić information content (AvgIpc) is 2.93. The summed E-state index contributed by atoms with van der Waals surface area (Å²) in [5.74, 6) is 2.44. The molecule has 1 atom stereocenters. The first-order valence-corrected chi connectivity index (χ1v) is 8.03. The van der Waals surface area contributed by atoms with Gasteiger partial charge in [-0.1, -0.05) is 0 Å². The van der Waals surface area contributed by atoms with Crippen molar-refractivity contribution in [1.82, 2.24) is 9.55 Å². The van der Waals surface area contributed by atoms with E-state index in [1.54, 1.807) is 26.5 Å². The van der Waals surface area contributed by atoms with E-state index in [-0.39, 0.29) is 0 Å². The Hall–Kier alpha value is -1.82. The fourth-order valence-electron chi connectivity index (χ4n) is 2.17. The van der Waals surface area contributed by atoms with Crippen LogP contribution in [0.4, 0.5) is 0 Å². The van der Waals surface area contributed by atoms with Gasteiger partial charge >= 0.3 is 0 Å². The Kier molecular flexibility index (Phi) is 5.01. The summed E-state index contributed by atoms with van der Waals surface area (Å²) in [6.07, 6.45) is 3.63. The van der Waals surface area contributed by atoms with Crippen molar-refractivity contribution in [2.75, 3.05) is 14.2 Å². The molecule has 0 aliphatic heterocycles. The number of hydrogen-bond acceptors (Lipinski definition) is 4. The fraction of sp³-hybridized carbons (Fsp3) is 0.400. The van der Waals surface area contributed by atoms with Gasteiger partial charge in [-0.3, -0.25) is 4.21 Å². The first-order valence-electron chi connectivity index (χ1n) is 6.71. The zero-order valence-electron chi connectivity index (χ0n) is 12.8. The highest BCUT2D eigenvalue weighted by atomic mass is 32.2. The monoisotopic (exact) mass is 308 g/mol. The van der Waals surface area contributed by atoms with Crippen LogP contribution in [0.5, 0.6) is 11.5 Å². The maximum atomic E-state index is 12.6. The molecule has 0 amide bonds. The third-order valence-corrected chi connectivity index (χ3v) is 4.78. The second-order valence-electron chi connectivity index (χ2n) is 4.59. The lowest BCUT2D eigenvalue weighted by Gasteiger charge is -2.12. The molecule has 0 aliphatic rings. The van der Waals surface area contributed by atoms with E-state index in [1.807, 2.05) is 30.7 Å². The van der Waals surface area contributed by atoms with Gasteiger partial charge in [0.05, 0.1) is 30.8 Å². The van der Waals surface area contributed by atoms with Gasteiger partial charge in [0.15, 0.2) is 11.5 Å². The molecule has 0 aliphatic carbocycles. The zero-order valence-corrected chi connectivity index (χ0v) is 13.6.